The summed E-state index contributed by atoms with van der Waals surface area (Å²) in [6, 6.07) is 0. The third kappa shape index (κ3) is 1.17. The van der Waals surface area contributed by atoms with E-state index in [1.54, 1.807) is 0 Å². The molecule has 0 aromatic carbocycles. The number of hydrogen-bond acceptors (Lipinski definition) is 1. The molecule has 11 heavy (non-hydrogen) atoms. The maximum atomic E-state index is 4.36. The van der Waals surface area contributed by atoms with Gasteiger partial charge in [-0.05, 0) is 12.8 Å². The van der Waals surface area contributed by atoms with Crippen molar-refractivity contribution in [3.8, 4) is 0 Å². The van der Waals surface area contributed by atoms with Crippen LogP contribution in [0.25, 0.3) is 0 Å². The van der Waals surface area contributed by atoms with Gasteiger partial charge in [0.2, 0.25) is 0 Å². The van der Waals surface area contributed by atoms with Gasteiger partial charge < -0.3 is 4.57 Å². The third-order valence-electron chi connectivity index (χ3n) is 2.58. The molecule has 1 heterocycles. The quantitative estimate of drug-likeness (QED) is 0.599. The van der Waals surface area contributed by atoms with Gasteiger partial charge in [0.1, 0.15) is 5.82 Å². The Labute approximate surface area is 67.3 Å². The molecule has 1 aromatic rings. The van der Waals surface area contributed by atoms with Gasteiger partial charge in [0.05, 0.1) is 0 Å². The van der Waals surface area contributed by atoms with Gasteiger partial charge in [-0.15, -0.1) is 0 Å². The molecule has 0 spiro atoms. The lowest BCUT2D eigenvalue weighted by atomic mass is 10.1. The fourth-order valence-corrected chi connectivity index (χ4v) is 1.95. The highest BCUT2D eigenvalue weighted by Crippen LogP contribution is 2.32. The van der Waals surface area contributed by atoms with E-state index < -0.39 is 0 Å². The maximum Gasteiger partial charge on any atom is 0.111 e. The van der Waals surface area contributed by atoms with E-state index in [4.69, 9.17) is 0 Å². The van der Waals surface area contributed by atoms with Crippen LogP contribution in [0.1, 0.15) is 37.4 Å². The van der Waals surface area contributed by atoms with Crippen LogP contribution in [0.2, 0.25) is 0 Å². The van der Waals surface area contributed by atoms with E-state index in [1.807, 2.05) is 12.4 Å². The summed E-state index contributed by atoms with van der Waals surface area (Å²) >= 11 is 0. The molecule has 0 amide bonds. The number of nitrogens with zero attached hydrogens (tertiary/aromatic N) is 2. The molecule has 0 radical (unpaired) electrons. The van der Waals surface area contributed by atoms with Crippen molar-refractivity contribution in [2.24, 2.45) is 7.05 Å². The lowest BCUT2D eigenvalue weighted by Crippen LogP contribution is -2.01. The average molecular weight is 150 g/mol. The normalized spacial score (nSPS) is 19.4. The van der Waals surface area contributed by atoms with E-state index in [0.29, 0.717) is 0 Å². The van der Waals surface area contributed by atoms with E-state index >= 15 is 0 Å². The monoisotopic (exact) mass is 150 g/mol. The predicted molar refractivity (Wildman–Crippen MR) is 44.4 cm³/mol. The van der Waals surface area contributed by atoms with Crippen molar-refractivity contribution in [1.29, 1.82) is 0 Å². The molecule has 0 bridgehead atoms. The van der Waals surface area contributed by atoms with Crippen molar-refractivity contribution in [3.63, 3.8) is 0 Å². The molecule has 0 N–H and O–H groups in total. The minimum absolute atomic E-state index is 0.745. The Morgan fingerprint density at radius 1 is 1.45 bits per heavy atom. The standard InChI is InChI=1S/C9H14N2/c1-11-7-6-10-9(11)8-4-2-3-5-8/h6-8H,2-5H2,1H3. The molecule has 2 heteroatoms. The van der Waals surface area contributed by atoms with Crippen LogP contribution in [0.15, 0.2) is 12.4 Å². The molecule has 0 aliphatic heterocycles. The Bertz CT molecular complexity index is 233. The van der Waals surface area contributed by atoms with Crippen LogP contribution in [-0.2, 0) is 7.05 Å². The first-order chi connectivity index (χ1) is 5.38. The number of imidazole rings is 1. The van der Waals surface area contributed by atoms with Gasteiger partial charge in [0.15, 0.2) is 0 Å². The summed E-state index contributed by atoms with van der Waals surface area (Å²) in [5.41, 5.74) is 0. The van der Waals surface area contributed by atoms with E-state index in [-0.39, 0.29) is 0 Å². The van der Waals surface area contributed by atoms with Crippen molar-refractivity contribution in [2.75, 3.05) is 0 Å². The highest BCUT2D eigenvalue weighted by atomic mass is 15.0. The molecule has 1 aliphatic rings. The maximum absolute atomic E-state index is 4.36. The second-order valence-electron chi connectivity index (χ2n) is 3.38. The largest absolute Gasteiger partial charge is 0.338 e. The molecule has 60 valence electrons. The van der Waals surface area contributed by atoms with Crippen LogP contribution in [0.5, 0.6) is 0 Å². The van der Waals surface area contributed by atoms with Crippen LogP contribution in [0, 0.1) is 0 Å². The smallest absolute Gasteiger partial charge is 0.111 e. The Kier molecular flexibility index (Phi) is 1.68. The predicted octanol–water partition coefficient (Wildman–Crippen LogP) is 2.08. The number of aryl methyl sites for hydroxylation is 1. The molecule has 0 atom stereocenters. The summed E-state index contributed by atoms with van der Waals surface area (Å²) in [5, 5.41) is 0. The van der Waals surface area contributed by atoms with E-state index in [2.05, 4.69) is 16.6 Å². The summed E-state index contributed by atoms with van der Waals surface area (Å²) in [6.07, 6.45) is 9.38. The first kappa shape index (κ1) is 6.89. The summed E-state index contributed by atoms with van der Waals surface area (Å²) in [5.74, 6) is 2.03. The van der Waals surface area contributed by atoms with Crippen LogP contribution in [0.3, 0.4) is 0 Å². The van der Waals surface area contributed by atoms with Gasteiger partial charge in [0.25, 0.3) is 0 Å². The molecule has 1 fully saturated rings. The molecular weight excluding hydrogens is 136 g/mol. The van der Waals surface area contributed by atoms with Gasteiger partial charge in [0, 0.05) is 25.4 Å². The Morgan fingerprint density at radius 3 is 2.73 bits per heavy atom. The van der Waals surface area contributed by atoms with Crippen LogP contribution in [-0.4, -0.2) is 9.55 Å². The SMILES string of the molecule is Cn1ccnc1C1CCCC1. The molecule has 1 aliphatic carbocycles. The summed E-state index contributed by atoms with van der Waals surface area (Å²) in [6.45, 7) is 0. The zero-order valence-electron chi connectivity index (χ0n) is 6.95. The highest BCUT2D eigenvalue weighted by Gasteiger charge is 2.19. The third-order valence-corrected chi connectivity index (χ3v) is 2.58. The second-order valence-corrected chi connectivity index (χ2v) is 3.38. The molecular formula is C9H14N2. The van der Waals surface area contributed by atoms with Crippen molar-refractivity contribution >= 4 is 0 Å². The minimum Gasteiger partial charge on any atom is -0.338 e. The van der Waals surface area contributed by atoms with E-state index in [9.17, 15) is 0 Å². The lowest BCUT2D eigenvalue weighted by molar-refractivity contribution is 0.632. The lowest BCUT2D eigenvalue weighted by Gasteiger charge is -2.07. The van der Waals surface area contributed by atoms with E-state index in [1.165, 1.54) is 31.5 Å². The summed E-state index contributed by atoms with van der Waals surface area (Å²) in [7, 11) is 2.08. The van der Waals surface area contributed by atoms with Crippen molar-refractivity contribution in [1.82, 2.24) is 9.55 Å². The van der Waals surface area contributed by atoms with Gasteiger partial charge in [-0.1, -0.05) is 12.8 Å². The number of aromatic nitrogens is 2. The molecule has 0 saturated heterocycles. The highest BCUT2D eigenvalue weighted by molar-refractivity contribution is 5.01. The van der Waals surface area contributed by atoms with Crippen molar-refractivity contribution < 1.29 is 0 Å². The summed E-state index contributed by atoms with van der Waals surface area (Å²) in [4.78, 5) is 4.36. The molecule has 2 nitrogen and oxygen atoms in total. The minimum atomic E-state index is 0.745. The van der Waals surface area contributed by atoms with Gasteiger partial charge >= 0.3 is 0 Å². The average Bonchev–Trinajstić information content (AvgIpc) is 2.55. The molecule has 0 unspecified atom stereocenters. The van der Waals surface area contributed by atoms with Gasteiger partial charge in [-0.25, -0.2) is 4.98 Å². The molecule has 1 saturated carbocycles. The fraction of sp³-hybridized carbons (Fsp3) is 0.667. The summed E-state index contributed by atoms with van der Waals surface area (Å²) < 4.78 is 2.15. The Morgan fingerprint density at radius 2 is 2.18 bits per heavy atom. The van der Waals surface area contributed by atoms with E-state index in [0.717, 1.165) is 5.92 Å². The molecule has 2 rings (SSSR count). The zero-order chi connectivity index (χ0) is 7.68. The van der Waals surface area contributed by atoms with Crippen LogP contribution < -0.4 is 0 Å². The number of rotatable bonds is 1. The first-order valence-corrected chi connectivity index (χ1v) is 4.35. The van der Waals surface area contributed by atoms with Crippen molar-refractivity contribution in [3.05, 3.63) is 18.2 Å². The Balaban J connectivity index is 2.21. The van der Waals surface area contributed by atoms with Crippen LogP contribution >= 0.6 is 0 Å². The molecule has 1 aromatic heterocycles. The van der Waals surface area contributed by atoms with Crippen LogP contribution in [0.4, 0.5) is 0 Å². The van der Waals surface area contributed by atoms with Gasteiger partial charge in [-0.2, -0.15) is 0 Å². The van der Waals surface area contributed by atoms with Gasteiger partial charge in [-0.3, -0.25) is 0 Å². The first-order valence-electron chi connectivity index (χ1n) is 4.35. The fourth-order valence-electron chi connectivity index (χ4n) is 1.95. The topological polar surface area (TPSA) is 17.8 Å². The number of hydrogen-bond donors (Lipinski definition) is 0. The second kappa shape index (κ2) is 2.68. The zero-order valence-corrected chi connectivity index (χ0v) is 6.95. The van der Waals surface area contributed by atoms with Crippen molar-refractivity contribution in [2.45, 2.75) is 31.6 Å². The Hall–Kier alpha value is -0.790.